The quantitative estimate of drug-likeness (QED) is 0.396. The Bertz CT molecular complexity index is 487. The number of ether oxygens (including phenoxy) is 1. The number of unbranched alkanes of at least 4 members (excludes halogenated alkanes) is 4. The molecule has 0 bridgehead atoms. The van der Waals surface area contributed by atoms with Gasteiger partial charge in [-0.3, -0.25) is 0 Å². The maximum Gasteiger partial charge on any atom is 0.389 e. The molecular weight excluding hydrogens is 337 g/mol. The first kappa shape index (κ1) is 21.3. The van der Waals surface area contributed by atoms with Crippen LogP contribution in [0.2, 0.25) is 0 Å². The first-order valence-electron chi connectivity index (χ1n) is 10.2. The number of hydrogen-bond acceptors (Lipinski definition) is 1. The molecular formula is C22H33F3O. The van der Waals surface area contributed by atoms with Crippen molar-refractivity contribution in [1.82, 2.24) is 0 Å². The molecule has 148 valence electrons. The van der Waals surface area contributed by atoms with Crippen molar-refractivity contribution < 1.29 is 17.9 Å². The molecule has 1 fully saturated rings. The number of alkyl halides is 3. The van der Waals surface area contributed by atoms with E-state index < -0.39 is 12.6 Å². The Morgan fingerprint density at radius 2 is 1.58 bits per heavy atom. The standard InChI is InChI=1S/C22H33F3O/c1-2-3-4-5-6-17-26-21-13-11-20(12-14-21)19-9-7-18(8-10-19)15-16-22(23,24)25/h7-10,20-21H,2-6,11-17H2,1H3/t20-,21-. The highest BCUT2D eigenvalue weighted by Crippen LogP contribution is 2.34. The summed E-state index contributed by atoms with van der Waals surface area (Å²) in [4.78, 5) is 0. The van der Waals surface area contributed by atoms with Gasteiger partial charge < -0.3 is 4.74 Å². The third-order valence-corrected chi connectivity index (χ3v) is 5.42. The maximum absolute atomic E-state index is 12.3. The summed E-state index contributed by atoms with van der Waals surface area (Å²) in [7, 11) is 0. The summed E-state index contributed by atoms with van der Waals surface area (Å²) in [6.07, 6.45) is 6.39. The Balaban J connectivity index is 1.66. The van der Waals surface area contributed by atoms with Gasteiger partial charge in [-0.05, 0) is 55.6 Å². The highest BCUT2D eigenvalue weighted by atomic mass is 19.4. The molecule has 0 N–H and O–H groups in total. The van der Waals surface area contributed by atoms with E-state index >= 15 is 0 Å². The van der Waals surface area contributed by atoms with Crippen LogP contribution < -0.4 is 0 Å². The third-order valence-electron chi connectivity index (χ3n) is 5.42. The van der Waals surface area contributed by atoms with E-state index in [0.29, 0.717) is 12.0 Å². The Morgan fingerprint density at radius 3 is 2.19 bits per heavy atom. The molecule has 0 unspecified atom stereocenters. The first-order valence-corrected chi connectivity index (χ1v) is 10.2. The molecule has 0 atom stereocenters. The van der Waals surface area contributed by atoms with Crippen molar-refractivity contribution in [3.05, 3.63) is 35.4 Å². The minimum Gasteiger partial charge on any atom is -0.378 e. The van der Waals surface area contributed by atoms with Crippen LogP contribution in [0, 0.1) is 0 Å². The lowest BCUT2D eigenvalue weighted by Crippen LogP contribution is -2.21. The van der Waals surface area contributed by atoms with Crippen LogP contribution in [0.15, 0.2) is 24.3 Å². The van der Waals surface area contributed by atoms with E-state index in [4.69, 9.17) is 4.74 Å². The average molecular weight is 370 g/mol. The zero-order chi connectivity index (χ0) is 18.8. The fraction of sp³-hybridized carbons (Fsp3) is 0.727. The molecule has 1 aromatic carbocycles. The molecule has 0 amide bonds. The predicted octanol–water partition coefficient (Wildman–Crippen LogP) is 7.19. The van der Waals surface area contributed by atoms with Crippen LogP contribution in [-0.2, 0) is 11.2 Å². The summed E-state index contributed by atoms with van der Waals surface area (Å²) in [5.74, 6) is 0.524. The third kappa shape index (κ3) is 8.11. The van der Waals surface area contributed by atoms with E-state index in [0.717, 1.165) is 37.9 Å². The Labute approximate surface area is 156 Å². The Morgan fingerprint density at radius 1 is 0.923 bits per heavy atom. The topological polar surface area (TPSA) is 9.23 Å². The van der Waals surface area contributed by atoms with Crippen LogP contribution in [0.25, 0.3) is 0 Å². The van der Waals surface area contributed by atoms with E-state index in [1.54, 1.807) is 0 Å². The lowest BCUT2D eigenvalue weighted by atomic mass is 9.82. The molecule has 0 radical (unpaired) electrons. The smallest absolute Gasteiger partial charge is 0.378 e. The monoisotopic (exact) mass is 370 g/mol. The molecule has 0 aliphatic heterocycles. The molecule has 26 heavy (non-hydrogen) atoms. The normalized spacial score (nSPS) is 21.1. The molecule has 1 aliphatic carbocycles. The molecule has 1 nitrogen and oxygen atoms in total. The van der Waals surface area contributed by atoms with Gasteiger partial charge in [-0.2, -0.15) is 13.2 Å². The average Bonchev–Trinajstić information content (AvgIpc) is 2.63. The maximum atomic E-state index is 12.3. The van der Waals surface area contributed by atoms with Gasteiger partial charge in [0.1, 0.15) is 0 Å². The largest absolute Gasteiger partial charge is 0.389 e. The molecule has 0 heterocycles. The van der Waals surface area contributed by atoms with Crippen LogP contribution in [-0.4, -0.2) is 18.9 Å². The molecule has 0 aromatic heterocycles. The van der Waals surface area contributed by atoms with Crippen LogP contribution in [0.4, 0.5) is 13.2 Å². The second kappa shape index (κ2) is 11.0. The van der Waals surface area contributed by atoms with Gasteiger partial charge in [-0.1, -0.05) is 56.9 Å². The minimum atomic E-state index is -4.08. The number of hydrogen-bond donors (Lipinski definition) is 0. The predicted molar refractivity (Wildman–Crippen MR) is 101 cm³/mol. The molecule has 4 heteroatoms. The summed E-state index contributed by atoms with van der Waals surface area (Å²) in [6.45, 7) is 3.11. The minimum absolute atomic E-state index is 0.0720. The second-order valence-corrected chi connectivity index (χ2v) is 7.62. The molecule has 1 saturated carbocycles. The number of halogens is 3. The van der Waals surface area contributed by atoms with Crippen molar-refractivity contribution in [2.75, 3.05) is 6.61 Å². The fourth-order valence-corrected chi connectivity index (χ4v) is 3.76. The van der Waals surface area contributed by atoms with Gasteiger partial charge in [0.15, 0.2) is 0 Å². The van der Waals surface area contributed by atoms with Gasteiger partial charge in [-0.15, -0.1) is 0 Å². The van der Waals surface area contributed by atoms with Crippen LogP contribution in [0.5, 0.6) is 0 Å². The van der Waals surface area contributed by atoms with Gasteiger partial charge in [0, 0.05) is 13.0 Å². The summed E-state index contributed by atoms with van der Waals surface area (Å²) in [5, 5.41) is 0. The van der Waals surface area contributed by atoms with E-state index in [1.165, 1.54) is 37.7 Å². The molecule has 2 rings (SSSR count). The van der Waals surface area contributed by atoms with Crippen LogP contribution in [0.3, 0.4) is 0 Å². The van der Waals surface area contributed by atoms with Crippen molar-refractivity contribution >= 4 is 0 Å². The highest BCUT2D eigenvalue weighted by molar-refractivity contribution is 5.26. The van der Waals surface area contributed by atoms with Gasteiger partial charge >= 0.3 is 6.18 Å². The van der Waals surface area contributed by atoms with Crippen molar-refractivity contribution in [2.45, 2.75) is 95.8 Å². The van der Waals surface area contributed by atoms with Crippen molar-refractivity contribution in [1.29, 1.82) is 0 Å². The highest BCUT2D eigenvalue weighted by Gasteiger charge is 2.26. The zero-order valence-corrected chi connectivity index (χ0v) is 16.0. The van der Waals surface area contributed by atoms with Gasteiger partial charge in [0.05, 0.1) is 6.10 Å². The van der Waals surface area contributed by atoms with Gasteiger partial charge in [0.25, 0.3) is 0 Å². The van der Waals surface area contributed by atoms with E-state index in [2.05, 4.69) is 6.92 Å². The van der Waals surface area contributed by atoms with E-state index in [-0.39, 0.29) is 6.42 Å². The van der Waals surface area contributed by atoms with Gasteiger partial charge in [-0.25, -0.2) is 0 Å². The lowest BCUT2D eigenvalue weighted by Gasteiger charge is -2.29. The van der Waals surface area contributed by atoms with Crippen LogP contribution in [0.1, 0.15) is 88.2 Å². The number of aryl methyl sites for hydroxylation is 1. The number of benzene rings is 1. The second-order valence-electron chi connectivity index (χ2n) is 7.62. The Hall–Kier alpha value is -1.03. The summed E-state index contributed by atoms with van der Waals surface area (Å²) in [5.41, 5.74) is 2.03. The van der Waals surface area contributed by atoms with Gasteiger partial charge in [0.2, 0.25) is 0 Å². The van der Waals surface area contributed by atoms with Crippen molar-refractivity contribution in [3.8, 4) is 0 Å². The van der Waals surface area contributed by atoms with E-state index in [1.807, 2.05) is 24.3 Å². The van der Waals surface area contributed by atoms with Crippen molar-refractivity contribution in [2.24, 2.45) is 0 Å². The molecule has 0 saturated heterocycles. The summed E-state index contributed by atoms with van der Waals surface area (Å²) >= 11 is 0. The molecule has 1 aliphatic rings. The summed E-state index contributed by atoms with van der Waals surface area (Å²) in [6, 6.07) is 7.76. The summed E-state index contributed by atoms with van der Waals surface area (Å²) < 4.78 is 42.9. The lowest BCUT2D eigenvalue weighted by molar-refractivity contribution is -0.133. The molecule has 1 aromatic rings. The molecule has 0 spiro atoms. The van der Waals surface area contributed by atoms with E-state index in [9.17, 15) is 13.2 Å². The zero-order valence-electron chi connectivity index (χ0n) is 16.0. The van der Waals surface area contributed by atoms with Crippen LogP contribution >= 0.6 is 0 Å². The number of rotatable bonds is 10. The SMILES string of the molecule is CCCCCCCO[C@H]1CC[C@H](c2ccc(CCC(F)(F)F)cc2)CC1. The Kier molecular flexibility index (Phi) is 8.97. The first-order chi connectivity index (χ1) is 12.5. The van der Waals surface area contributed by atoms with Crippen molar-refractivity contribution in [3.63, 3.8) is 0 Å². The fourth-order valence-electron chi connectivity index (χ4n) is 3.76.